The molecule has 2 heterocycles. The topological polar surface area (TPSA) is 74.8 Å². The molecular weight excluding hydrogens is 512 g/mol. The first-order valence-electron chi connectivity index (χ1n) is 14.7. The van der Waals surface area contributed by atoms with E-state index < -0.39 is 29.2 Å². The first-order valence-corrected chi connectivity index (χ1v) is 14.7. The van der Waals surface area contributed by atoms with Crippen LogP contribution in [0.1, 0.15) is 86.3 Å². The fourth-order valence-corrected chi connectivity index (χ4v) is 5.81. The van der Waals surface area contributed by atoms with Gasteiger partial charge in [0.25, 0.3) is 0 Å². The highest BCUT2D eigenvalue weighted by atomic mass is 16.2. The van der Waals surface area contributed by atoms with E-state index in [1.54, 1.807) is 0 Å². The first-order chi connectivity index (χ1) is 18.9. The first kappa shape index (κ1) is 32.2. The molecule has 41 heavy (non-hydrogen) atoms. The van der Waals surface area contributed by atoms with Gasteiger partial charge in [-0.15, -0.1) is 0 Å². The molecular formula is C35H48N2O4. The molecule has 3 fully saturated rings. The molecule has 0 N–H and O–H groups in total. The number of likely N-dealkylation sites (tertiary alicyclic amines) is 2. The third kappa shape index (κ3) is 7.14. The molecule has 5 rings (SSSR count). The second-order valence-electron chi connectivity index (χ2n) is 14.7. The third-order valence-electron chi connectivity index (χ3n) is 8.04. The van der Waals surface area contributed by atoms with Crippen molar-refractivity contribution in [1.29, 1.82) is 0 Å². The van der Waals surface area contributed by atoms with Crippen LogP contribution in [0.5, 0.6) is 0 Å². The average Bonchev–Trinajstić information content (AvgIpc) is 3.27. The molecule has 1 saturated carbocycles. The maximum Gasteiger partial charge on any atom is 0.233 e. The molecule has 2 saturated heterocycles. The predicted molar refractivity (Wildman–Crippen MR) is 163 cm³/mol. The fraction of sp³-hybridized carbons (Fsp3) is 0.543. The Morgan fingerprint density at radius 1 is 0.537 bits per heavy atom. The van der Waals surface area contributed by atoms with Crippen LogP contribution < -0.4 is 0 Å². The van der Waals surface area contributed by atoms with Gasteiger partial charge in [-0.2, -0.15) is 0 Å². The highest BCUT2D eigenvalue weighted by Gasteiger charge is 2.60. The molecule has 2 aromatic carbocycles. The van der Waals surface area contributed by atoms with Crippen molar-refractivity contribution >= 4 is 23.6 Å². The van der Waals surface area contributed by atoms with Crippen molar-refractivity contribution in [1.82, 2.24) is 9.80 Å². The molecule has 0 bridgehead atoms. The summed E-state index contributed by atoms with van der Waals surface area (Å²) >= 11 is 0. The van der Waals surface area contributed by atoms with Crippen molar-refractivity contribution in [3.05, 3.63) is 71.8 Å². The molecule has 1 aliphatic carbocycles. The highest BCUT2D eigenvalue weighted by Crippen LogP contribution is 2.49. The van der Waals surface area contributed by atoms with Crippen LogP contribution in [0.4, 0.5) is 0 Å². The van der Waals surface area contributed by atoms with E-state index in [0.29, 0.717) is 10.8 Å². The Morgan fingerprint density at radius 2 is 0.854 bits per heavy atom. The van der Waals surface area contributed by atoms with Gasteiger partial charge in [0.2, 0.25) is 23.6 Å². The van der Waals surface area contributed by atoms with Crippen LogP contribution in [0.25, 0.3) is 0 Å². The summed E-state index contributed by atoms with van der Waals surface area (Å²) in [4.78, 5) is 53.4. The largest absolute Gasteiger partial charge is 0.285 e. The summed E-state index contributed by atoms with van der Waals surface area (Å²) in [5.41, 5.74) is 2.30. The lowest BCUT2D eigenvalue weighted by atomic mass is 9.70. The van der Waals surface area contributed by atoms with Crippen molar-refractivity contribution < 1.29 is 19.2 Å². The number of hydrogen-bond acceptors (Lipinski definition) is 4. The van der Waals surface area contributed by atoms with Crippen molar-refractivity contribution in [2.24, 2.45) is 29.1 Å². The molecule has 0 spiro atoms. The van der Waals surface area contributed by atoms with Gasteiger partial charge in [0.15, 0.2) is 0 Å². The van der Waals surface area contributed by atoms with E-state index in [2.05, 4.69) is 78.8 Å². The number of rotatable bonds is 2. The summed E-state index contributed by atoms with van der Waals surface area (Å²) in [6.07, 6.45) is 0.576. The smallest absolute Gasteiger partial charge is 0.233 e. The van der Waals surface area contributed by atoms with Gasteiger partial charge in [0, 0.05) is 7.05 Å². The van der Waals surface area contributed by atoms with Crippen LogP contribution in [-0.4, -0.2) is 40.5 Å². The summed E-state index contributed by atoms with van der Waals surface area (Å²) < 4.78 is 0. The zero-order valence-corrected chi connectivity index (χ0v) is 26.5. The summed E-state index contributed by atoms with van der Waals surface area (Å²) in [6.45, 7) is 19.1. The van der Waals surface area contributed by atoms with Gasteiger partial charge in [0.1, 0.15) is 0 Å². The second-order valence-corrected chi connectivity index (χ2v) is 14.7. The van der Waals surface area contributed by atoms with Crippen LogP contribution in [-0.2, 0) is 30.1 Å². The van der Waals surface area contributed by atoms with Crippen LogP contribution in [0.15, 0.2) is 60.7 Å². The van der Waals surface area contributed by atoms with Gasteiger partial charge in [-0.3, -0.25) is 29.0 Å². The van der Waals surface area contributed by atoms with Crippen LogP contribution >= 0.6 is 0 Å². The van der Waals surface area contributed by atoms with E-state index in [-0.39, 0.29) is 36.5 Å². The quantitative estimate of drug-likeness (QED) is 0.389. The molecule has 0 aromatic heterocycles. The van der Waals surface area contributed by atoms with Crippen molar-refractivity contribution in [3.8, 4) is 0 Å². The van der Waals surface area contributed by atoms with E-state index in [4.69, 9.17) is 0 Å². The lowest BCUT2D eigenvalue weighted by Crippen LogP contribution is -2.46. The van der Waals surface area contributed by atoms with E-state index in [1.807, 2.05) is 44.2 Å². The standard InChI is InChI=1S/C20H22N2O4.C10H14.C5H12/c1-20(2,11-7-5-4-6-8-11)22-18(25)14-9-12-13(10-15(14)19(22)26)17(24)21(3)16(12)23;1-10(2,3)9-7-5-4-6-8-9;1-5(2,3)4/h4-8,12-15H,9-10H2,1-3H3;4-8H,1-3H3;1-4H3. The Bertz CT molecular complexity index is 1210. The van der Waals surface area contributed by atoms with Gasteiger partial charge in [-0.25, -0.2) is 0 Å². The fourth-order valence-electron chi connectivity index (χ4n) is 5.81. The molecule has 4 unspecified atom stereocenters. The molecule has 2 aromatic rings. The lowest BCUT2D eigenvalue weighted by molar-refractivity contribution is -0.146. The van der Waals surface area contributed by atoms with Crippen LogP contribution in [0.2, 0.25) is 0 Å². The average molecular weight is 561 g/mol. The van der Waals surface area contributed by atoms with Crippen LogP contribution in [0, 0.1) is 29.1 Å². The zero-order valence-electron chi connectivity index (χ0n) is 26.5. The Labute approximate surface area is 246 Å². The van der Waals surface area contributed by atoms with Crippen LogP contribution in [0.3, 0.4) is 0 Å². The number of carbonyl (C=O) groups excluding carboxylic acids is 4. The second kappa shape index (κ2) is 11.9. The number of benzene rings is 2. The number of hydrogen-bond donors (Lipinski definition) is 0. The molecule has 4 atom stereocenters. The highest BCUT2D eigenvalue weighted by molar-refractivity contribution is 6.09. The number of amides is 4. The van der Waals surface area contributed by atoms with E-state index in [9.17, 15) is 19.2 Å². The van der Waals surface area contributed by atoms with Crippen molar-refractivity contribution in [2.75, 3.05) is 7.05 Å². The molecule has 3 aliphatic rings. The van der Waals surface area contributed by atoms with E-state index >= 15 is 0 Å². The Balaban J connectivity index is 0.000000254. The molecule has 2 aliphatic heterocycles. The summed E-state index contributed by atoms with van der Waals surface area (Å²) in [7, 11) is 1.48. The predicted octanol–water partition coefficient (Wildman–Crippen LogP) is 6.58. The Morgan fingerprint density at radius 3 is 1.17 bits per heavy atom. The number of imide groups is 2. The molecule has 222 valence electrons. The Kier molecular flexibility index (Phi) is 9.36. The van der Waals surface area contributed by atoms with Gasteiger partial charge in [-0.05, 0) is 48.6 Å². The number of nitrogens with zero attached hydrogens (tertiary/aromatic N) is 2. The summed E-state index contributed by atoms with van der Waals surface area (Å²) in [5, 5.41) is 0. The minimum absolute atomic E-state index is 0.220. The zero-order chi connectivity index (χ0) is 30.9. The van der Waals surface area contributed by atoms with Gasteiger partial charge in [-0.1, -0.05) is 109 Å². The molecule has 4 amide bonds. The number of fused-ring (bicyclic) bond motifs is 2. The minimum Gasteiger partial charge on any atom is -0.285 e. The number of carbonyl (C=O) groups is 4. The maximum atomic E-state index is 13.1. The summed E-state index contributed by atoms with van der Waals surface area (Å²) in [5.74, 6) is -2.83. The molecule has 6 nitrogen and oxygen atoms in total. The van der Waals surface area contributed by atoms with Gasteiger partial charge in [0.05, 0.1) is 29.2 Å². The van der Waals surface area contributed by atoms with E-state index in [0.717, 1.165) is 10.5 Å². The van der Waals surface area contributed by atoms with Crippen molar-refractivity contribution in [2.45, 2.75) is 86.1 Å². The minimum atomic E-state index is -0.771. The van der Waals surface area contributed by atoms with Gasteiger partial charge < -0.3 is 0 Å². The molecule has 6 heteroatoms. The maximum absolute atomic E-state index is 13.1. The lowest BCUT2D eigenvalue weighted by Gasteiger charge is -2.35. The normalized spacial score (nSPS) is 24.2. The summed E-state index contributed by atoms with van der Waals surface area (Å²) in [6, 6.07) is 20.0. The van der Waals surface area contributed by atoms with Gasteiger partial charge >= 0.3 is 0 Å². The SMILES string of the molecule is CC(C)(C)C.CC(C)(C)c1ccccc1.CN1C(=O)C2CC3C(=O)N(C(C)(C)c4ccccc4)C(=O)C3CC2C1=O. The Hall–Kier alpha value is -3.28. The molecule has 0 radical (unpaired) electrons. The van der Waals surface area contributed by atoms with Crippen molar-refractivity contribution in [3.63, 3.8) is 0 Å². The monoisotopic (exact) mass is 560 g/mol. The van der Waals surface area contributed by atoms with E-state index in [1.165, 1.54) is 17.5 Å². The third-order valence-corrected chi connectivity index (χ3v) is 8.04.